The summed E-state index contributed by atoms with van der Waals surface area (Å²) < 4.78 is 4.23. The normalized spacial score (nSPS) is 11.3. The number of hydrogen-bond donors (Lipinski definition) is 0. The van der Waals surface area contributed by atoms with E-state index in [-0.39, 0.29) is 0 Å². The molecule has 4 aromatic carbocycles. The molecule has 0 aliphatic rings. The Kier molecular flexibility index (Phi) is 5.15. The van der Waals surface area contributed by atoms with Crippen LogP contribution in [0.3, 0.4) is 0 Å². The van der Waals surface area contributed by atoms with E-state index in [1.54, 1.807) is 6.20 Å². The molecule has 0 bridgehead atoms. The molecule has 6 nitrogen and oxygen atoms in total. The van der Waals surface area contributed by atoms with Gasteiger partial charge in [-0.1, -0.05) is 54.6 Å². The minimum absolute atomic E-state index is 0.585. The van der Waals surface area contributed by atoms with Gasteiger partial charge in [0.25, 0.3) is 0 Å². The van der Waals surface area contributed by atoms with Gasteiger partial charge in [0, 0.05) is 27.7 Å². The summed E-state index contributed by atoms with van der Waals surface area (Å²) in [5.74, 6) is 1.40. The molecule has 0 atom stereocenters. The minimum atomic E-state index is 0.585. The second-order valence-electron chi connectivity index (χ2n) is 10.2. The third-order valence-electron chi connectivity index (χ3n) is 7.85. The average molecular weight is 537 g/mol. The van der Waals surface area contributed by atoms with E-state index >= 15 is 0 Å². The number of fused-ring (bicyclic) bond motifs is 6. The topological polar surface area (TPSA) is 83.2 Å². The molecule has 0 saturated heterocycles. The Hall–Kier alpha value is -6.24. The number of aromatic nitrogens is 4. The minimum Gasteiger partial charge on any atom is -0.294 e. The van der Waals surface area contributed by atoms with E-state index in [4.69, 9.17) is 9.97 Å². The molecule has 0 N–H and O–H groups in total. The summed E-state index contributed by atoms with van der Waals surface area (Å²) in [6.07, 6.45) is 1.80. The maximum Gasteiger partial charge on any atom is 0.146 e. The van der Waals surface area contributed by atoms with Crippen molar-refractivity contribution in [3.63, 3.8) is 0 Å². The Balaban J connectivity index is 1.52. The molecule has 0 amide bonds. The largest absolute Gasteiger partial charge is 0.294 e. The van der Waals surface area contributed by atoms with Crippen LogP contribution < -0.4 is 0 Å². The molecule has 42 heavy (non-hydrogen) atoms. The van der Waals surface area contributed by atoms with Gasteiger partial charge in [-0.05, 0) is 71.8 Å². The van der Waals surface area contributed by atoms with Gasteiger partial charge < -0.3 is 0 Å². The maximum absolute atomic E-state index is 9.99. The monoisotopic (exact) mass is 536 g/mol. The third kappa shape index (κ3) is 3.43. The molecule has 4 heterocycles. The van der Waals surface area contributed by atoms with E-state index in [1.165, 1.54) is 0 Å². The molecule has 4 aromatic heterocycles. The van der Waals surface area contributed by atoms with Crippen molar-refractivity contribution in [3.05, 3.63) is 133 Å². The quantitative estimate of drug-likeness (QED) is 0.228. The van der Waals surface area contributed by atoms with Crippen molar-refractivity contribution in [3.8, 4) is 34.9 Å². The summed E-state index contributed by atoms with van der Waals surface area (Å²) in [4.78, 5) is 10.1. The van der Waals surface area contributed by atoms with Gasteiger partial charge in [-0.3, -0.25) is 9.13 Å². The van der Waals surface area contributed by atoms with Gasteiger partial charge in [0.05, 0.1) is 39.8 Å². The molecular weight excluding hydrogens is 516 g/mol. The first-order valence-electron chi connectivity index (χ1n) is 13.5. The second kappa shape index (κ2) is 9.16. The lowest BCUT2D eigenvalue weighted by Crippen LogP contribution is -2.05. The van der Waals surface area contributed by atoms with Crippen molar-refractivity contribution in [2.75, 3.05) is 0 Å². The Bertz CT molecular complexity index is 2400. The van der Waals surface area contributed by atoms with Crippen LogP contribution in [0.15, 0.2) is 121 Å². The van der Waals surface area contributed by atoms with Crippen LogP contribution in [0.4, 0.5) is 0 Å². The molecule has 0 fully saturated rings. The van der Waals surface area contributed by atoms with Crippen molar-refractivity contribution in [1.29, 1.82) is 10.5 Å². The van der Waals surface area contributed by atoms with E-state index in [0.29, 0.717) is 22.8 Å². The average Bonchev–Trinajstić information content (AvgIpc) is 3.57. The Labute approximate surface area is 240 Å². The van der Waals surface area contributed by atoms with Crippen LogP contribution in [0, 0.1) is 22.7 Å². The lowest BCUT2D eigenvalue weighted by molar-refractivity contribution is 1.00. The molecule has 8 aromatic rings. The van der Waals surface area contributed by atoms with Gasteiger partial charge >= 0.3 is 0 Å². The van der Waals surface area contributed by atoms with Gasteiger partial charge in [-0.2, -0.15) is 10.5 Å². The highest BCUT2D eigenvalue weighted by Crippen LogP contribution is 2.36. The van der Waals surface area contributed by atoms with Gasteiger partial charge in [0.1, 0.15) is 17.3 Å². The van der Waals surface area contributed by atoms with Gasteiger partial charge in [0.2, 0.25) is 0 Å². The van der Waals surface area contributed by atoms with Crippen molar-refractivity contribution < 1.29 is 0 Å². The van der Waals surface area contributed by atoms with E-state index < -0.39 is 0 Å². The summed E-state index contributed by atoms with van der Waals surface area (Å²) in [7, 11) is 0. The molecule has 0 aliphatic carbocycles. The zero-order valence-electron chi connectivity index (χ0n) is 22.2. The molecule has 0 aliphatic heterocycles. The number of pyridine rings is 2. The highest BCUT2D eigenvalue weighted by atomic mass is 15.2. The van der Waals surface area contributed by atoms with Crippen molar-refractivity contribution >= 4 is 43.7 Å². The number of para-hydroxylation sites is 2. The van der Waals surface area contributed by atoms with E-state index in [1.807, 2.05) is 84.9 Å². The Morgan fingerprint density at radius 2 is 1.19 bits per heavy atom. The molecule has 0 spiro atoms. The third-order valence-corrected chi connectivity index (χ3v) is 7.85. The van der Waals surface area contributed by atoms with Crippen molar-refractivity contribution in [2.24, 2.45) is 0 Å². The fraction of sp³-hybridized carbons (Fsp3) is 0. The zero-order chi connectivity index (χ0) is 28.2. The predicted octanol–water partition coefficient (Wildman–Crippen LogP) is 8.08. The summed E-state index contributed by atoms with van der Waals surface area (Å²) in [6.45, 7) is 0. The van der Waals surface area contributed by atoms with Crippen LogP contribution in [0.2, 0.25) is 0 Å². The fourth-order valence-electron chi connectivity index (χ4n) is 6.04. The summed E-state index contributed by atoms with van der Waals surface area (Å²) in [6, 6.07) is 42.5. The second-order valence-corrected chi connectivity index (χ2v) is 10.2. The molecule has 194 valence electrons. The first kappa shape index (κ1) is 23.6. The van der Waals surface area contributed by atoms with Crippen molar-refractivity contribution in [1.82, 2.24) is 19.1 Å². The molecular formula is C36H20N6. The SMILES string of the molecule is N#Cc1ccc2c(c1)c1ccccc1n2-c1cc(-c2ccccc2C#N)cc(-n2c3ccccc3c3cccnc32)n1. The van der Waals surface area contributed by atoms with Crippen LogP contribution in [0.1, 0.15) is 11.1 Å². The molecule has 6 heteroatoms. The summed E-state index contributed by atoms with van der Waals surface area (Å²) in [5, 5.41) is 23.8. The lowest BCUT2D eigenvalue weighted by Gasteiger charge is -2.15. The molecule has 0 radical (unpaired) electrons. The van der Waals surface area contributed by atoms with Crippen LogP contribution in [-0.2, 0) is 0 Å². The molecule has 8 rings (SSSR count). The summed E-state index contributed by atoms with van der Waals surface area (Å²) >= 11 is 0. The van der Waals surface area contributed by atoms with Crippen LogP contribution in [-0.4, -0.2) is 19.1 Å². The summed E-state index contributed by atoms with van der Waals surface area (Å²) in [5.41, 5.74) is 6.61. The number of nitrogens with zero attached hydrogens (tertiary/aromatic N) is 6. The Morgan fingerprint density at radius 1 is 0.548 bits per heavy atom. The number of rotatable bonds is 3. The number of benzene rings is 4. The molecule has 0 saturated carbocycles. The molecule has 0 unspecified atom stereocenters. The van der Waals surface area contributed by atoms with Crippen molar-refractivity contribution in [2.45, 2.75) is 0 Å². The van der Waals surface area contributed by atoms with Gasteiger partial charge in [-0.25, -0.2) is 9.97 Å². The number of hydrogen-bond acceptors (Lipinski definition) is 4. The standard InChI is InChI=1S/C36H20N6/c37-21-23-15-16-33-30(18-23)28-11-4-5-13-31(28)41(33)34-19-25(26-9-2-1-8-24(26)22-38)20-35(40-34)42-32-14-6-3-10-27(32)29-12-7-17-39-36(29)42/h1-20H. The Morgan fingerprint density at radius 3 is 1.98 bits per heavy atom. The van der Waals surface area contributed by atoms with E-state index in [0.717, 1.165) is 54.9 Å². The fourth-order valence-corrected chi connectivity index (χ4v) is 6.04. The number of nitriles is 2. The van der Waals surface area contributed by atoms with E-state index in [2.05, 4.69) is 51.6 Å². The maximum atomic E-state index is 9.99. The van der Waals surface area contributed by atoms with Gasteiger partial charge in [-0.15, -0.1) is 0 Å². The first-order valence-corrected chi connectivity index (χ1v) is 13.5. The van der Waals surface area contributed by atoms with Gasteiger partial charge in [0.15, 0.2) is 0 Å². The van der Waals surface area contributed by atoms with E-state index in [9.17, 15) is 10.5 Å². The highest BCUT2D eigenvalue weighted by molar-refractivity contribution is 6.10. The smallest absolute Gasteiger partial charge is 0.146 e. The van der Waals surface area contributed by atoms with Crippen LogP contribution >= 0.6 is 0 Å². The van der Waals surface area contributed by atoms with Crippen LogP contribution in [0.25, 0.3) is 66.5 Å². The highest BCUT2D eigenvalue weighted by Gasteiger charge is 2.19. The first-order chi connectivity index (χ1) is 20.7. The predicted molar refractivity (Wildman–Crippen MR) is 166 cm³/mol. The lowest BCUT2D eigenvalue weighted by atomic mass is 10.0. The zero-order valence-corrected chi connectivity index (χ0v) is 22.2. The van der Waals surface area contributed by atoms with Crippen LogP contribution in [0.5, 0.6) is 0 Å².